The quantitative estimate of drug-likeness (QED) is 0.631. The molecule has 5 nitrogen and oxygen atoms in total. The minimum atomic E-state index is 0.206. The van der Waals surface area contributed by atoms with Gasteiger partial charge in [-0.2, -0.15) is 0 Å². The second-order valence-corrected chi connectivity index (χ2v) is 3.66. The lowest BCUT2D eigenvalue weighted by atomic mass is 10.1. The van der Waals surface area contributed by atoms with Crippen molar-refractivity contribution in [3.8, 4) is 11.5 Å². The molecule has 0 atom stereocenters. The SMILES string of the molecule is COCCc1cc(OCOC)cc(OCOC)c1. The van der Waals surface area contributed by atoms with Gasteiger partial charge in [-0.25, -0.2) is 0 Å². The van der Waals surface area contributed by atoms with Crippen molar-refractivity contribution in [2.24, 2.45) is 0 Å². The van der Waals surface area contributed by atoms with Gasteiger partial charge in [-0.05, 0) is 24.1 Å². The second kappa shape index (κ2) is 8.74. The van der Waals surface area contributed by atoms with Crippen LogP contribution in [0.2, 0.25) is 0 Å². The van der Waals surface area contributed by atoms with Crippen LogP contribution in [0.4, 0.5) is 0 Å². The summed E-state index contributed by atoms with van der Waals surface area (Å²) in [5.74, 6) is 1.41. The Labute approximate surface area is 108 Å². The highest BCUT2D eigenvalue weighted by Crippen LogP contribution is 2.23. The smallest absolute Gasteiger partial charge is 0.188 e. The van der Waals surface area contributed by atoms with Gasteiger partial charge in [0.1, 0.15) is 11.5 Å². The predicted octanol–water partition coefficient (Wildman–Crippen LogP) is 1.84. The van der Waals surface area contributed by atoms with Crippen LogP contribution in [0.5, 0.6) is 11.5 Å². The Balaban J connectivity index is 2.74. The molecule has 0 bridgehead atoms. The molecule has 0 spiro atoms. The van der Waals surface area contributed by atoms with Crippen molar-refractivity contribution < 1.29 is 23.7 Å². The molecule has 102 valence electrons. The molecule has 0 saturated heterocycles. The average Bonchev–Trinajstić information content (AvgIpc) is 2.40. The van der Waals surface area contributed by atoms with E-state index < -0.39 is 0 Å². The van der Waals surface area contributed by atoms with Crippen molar-refractivity contribution >= 4 is 0 Å². The van der Waals surface area contributed by atoms with Crippen molar-refractivity contribution in [3.05, 3.63) is 23.8 Å². The van der Waals surface area contributed by atoms with Gasteiger partial charge >= 0.3 is 0 Å². The van der Waals surface area contributed by atoms with E-state index in [1.807, 2.05) is 12.1 Å². The van der Waals surface area contributed by atoms with Gasteiger partial charge in [-0.3, -0.25) is 0 Å². The van der Waals surface area contributed by atoms with Crippen LogP contribution >= 0.6 is 0 Å². The molecule has 0 aliphatic rings. The first-order valence-corrected chi connectivity index (χ1v) is 5.66. The zero-order valence-electron chi connectivity index (χ0n) is 11.1. The van der Waals surface area contributed by atoms with Crippen LogP contribution in [-0.2, 0) is 20.6 Å². The van der Waals surface area contributed by atoms with E-state index in [-0.39, 0.29) is 13.6 Å². The third-order valence-corrected chi connectivity index (χ3v) is 2.22. The molecule has 0 N–H and O–H groups in total. The summed E-state index contributed by atoms with van der Waals surface area (Å²) in [5, 5.41) is 0. The van der Waals surface area contributed by atoms with E-state index in [1.54, 1.807) is 27.4 Å². The number of hydrogen-bond donors (Lipinski definition) is 0. The number of hydrogen-bond acceptors (Lipinski definition) is 5. The van der Waals surface area contributed by atoms with E-state index in [2.05, 4.69) is 0 Å². The molecule has 18 heavy (non-hydrogen) atoms. The van der Waals surface area contributed by atoms with Crippen LogP contribution < -0.4 is 9.47 Å². The van der Waals surface area contributed by atoms with Gasteiger partial charge in [0.05, 0.1) is 6.61 Å². The Kier molecular flexibility index (Phi) is 7.17. The predicted molar refractivity (Wildman–Crippen MR) is 67.0 cm³/mol. The van der Waals surface area contributed by atoms with Crippen LogP contribution in [0.25, 0.3) is 0 Å². The lowest BCUT2D eigenvalue weighted by Crippen LogP contribution is -2.03. The molecule has 0 unspecified atom stereocenters. The van der Waals surface area contributed by atoms with Gasteiger partial charge in [0, 0.05) is 27.4 Å². The van der Waals surface area contributed by atoms with Crippen molar-refractivity contribution in [2.45, 2.75) is 6.42 Å². The first-order valence-electron chi connectivity index (χ1n) is 5.66. The third kappa shape index (κ3) is 5.35. The monoisotopic (exact) mass is 256 g/mol. The molecule has 0 aliphatic heterocycles. The number of ether oxygens (including phenoxy) is 5. The molecule has 1 rings (SSSR count). The molecule has 0 aliphatic carbocycles. The van der Waals surface area contributed by atoms with Crippen LogP contribution in [0.15, 0.2) is 18.2 Å². The molecule has 1 aromatic rings. The standard InChI is InChI=1S/C13H20O5/c1-14-5-4-11-6-12(17-9-15-2)8-13(7-11)18-10-16-3/h6-8H,4-5,9-10H2,1-3H3. The zero-order valence-corrected chi connectivity index (χ0v) is 11.1. The first kappa shape index (κ1) is 14.8. The summed E-state index contributed by atoms with van der Waals surface area (Å²) in [6.45, 7) is 1.06. The second-order valence-electron chi connectivity index (χ2n) is 3.66. The van der Waals surface area contributed by atoms with E-state index in [0.717, 1.165) is 12.0 Å². The summed E-state index contributed by atoms with van der Waals surface area (Å²) in [4.78, 5) is 0. The van der Waals surface area contributed by atoms with Gasteiger partial charge < -0.3 is 23.7 Å². The Hall–Kier alpha value is -1.30. The molecule has 0 radical (unpaired) electrons. The van der Waals surface area contributed by atoms with Crippen molar-refractivity contribution in [3.63, 3.8) is 0 Å². The fourth-order valence-corrected chi connectivity index (χ4v) is 1.42. The maximum atomic E-state index is 5.41. The molecule has 0 aromatic heterocycles. The van der Waals surface area contributed by atoms with Gasteiger partial charge in [0.25, 0.3) is 0 Å². The summed E-state index contributed by atoms with van der Waals surface area (Å²) in [5.41, 5.74) is 1.08. The van der Waals surface area contributed by atoms with Crippen molar-refractivity contribution in [2.75, 3.05) is 41.5 Å². The minimum Gasteiger partial charge on any atom is -0.467 e. The van der Waals surface area contributed by atoms with E-state index >= 15 is 0 Å². The zero-order chi connectivity index (χ0) is 13.2. The summed E-state index contributed by atoms with van der Waals surface area (Å²) in [6, 6.07) is 5.68. The number of benzene rings is 1. The normalized spacial score (nSPS) is 10.4. The first-order chi connectivity index (χ1) is 8.80. The largest absolute Gasteiger partial charge is 0.467 e. The van der Waals surface area contributed by atoms with Gasteiger partial charge in [0.15, 0.2) is 13.6 Å². The topological polar surface area (TPSA) is 46.2 Å². The van der Waals surface area contributed by atoms with Crippen LogP contribution in [0, 0.1) is 0 Å². The highest BCUT2D eigenvalue weighted by Gasteiger charge is 2.03. The Morgan fingerprint density at radius 2 is 1.33 bits per heavy atom. The molecular weight excluding hydrogens is 236 g/mol. The lowest BCUT2D eigenvalue weighted by Gasteiger charge is -2.11. The molecule has 5 heteroatoms. The summed E-state index contributed by atoms with van der Waals surface area (Å²) in [7, 11) is 4.84. The van der Waals surface area contributed by atoms with Crippen molar-refractivity contribution in [1.29, 1.82) is 0 Å². The van der Waals surface area contributed by atoms with E-state index in [4.69, 9.17) is 23.7 Å². The Morgan fingerprint density at radius 3 is 1.78 bits per heavy atom. The fraction of sp³-hybridized carbons (Fsp3) is 0.538. The number of methoxy groups -OCH3 is 3. The van der Waals surface area contributed by atoms with E-state index in [1.165, 1.54) is 0 Å². The minimum absolute atomic E-state index is 0.206. The Morgan fingerprint density at radius 1 is 0.778 bits per heavy atom. The van der Waals surface area contributed by atoms with E-state index in [9.17, 15) is 0 Å². The summed E-state index contributed by atoms with van der Waals surface area (Å²) in [6.07, 6.45) is 0.796. The molecule has 0 heterocycles. The summed E-state index contributed by atoms with van der Waals surface area (Å²) >= 11 is 0. The lowest BCUT2D eigenvalue weighted by molar-refractivity contribution is 0.0459. The highest BCUT2D eigenvalue weighted by atomic mass is 16.7. The van der Waals surface area contributed by atoms with E-state index in [0.29, 0.717) is 18.1 Å². The molecule has 0 fully saturated rings. The maximum absolute atomic E-state index is 5.41. The van der Waals surface area contributed by atoms with Gasteiger partial charge in [-0.1, -0.05) is 0 Å². The molecule has 1 aromatic carbocycles. The van der Waals surface area contributed by atoms with Crippen LogP contribution in [0.3, 0.4) is 0 Å². The number of rotatable bonds is 9. The molecule has 0 saturated carbocycles. The maximum Gasteiger partial charge on any atom is 0.188 e. The van der Waals surface area contributed by atoms with Gasteiger partial charge in [0.2, 0.25) is 0 Å². The molecule has 0 amide bonds. The highest BCUT2D eigenvalue weighted by molar-refractivity contribution is 5.38. The van der Waals surface area contributed by atoms with Crippen LogP contribution in [-0.4, -0.2) is 41.5 Å². The van der Waals surface area contributed by atoms with Gasteiger partial charge in [-0.15, -0.1) is 0 Å². The fourth-order valence-electron chi connectivity index (χ4n) is 1.42. The van der Waals surface area contributed by atoms with Crippen LogP contribution in [0.1, 0.15) is 5.56 Å². The third-order valence-electron chi connectivity index (χ3n) is 2.22. The Bertz CT molecular complexity index is 275. The summed E-state index contributed by atoms with van der Waals surface area (Å²) < 4.78 is 25.6. The molecular formula is C13H20O5. The van der Waals surface area contributed by atoms with Crippen molar-refractivity contribution in [1.82, 2.24) is 0 Å². The average molecular weight is 256 g/mol.